The number of hydrogen-bond donors (Lipinski definition) is 1. The number of nitrogens with one attached hydrogen (secondary N) is 1. The zero-order valence-electron chi connectivity index (χ0n) is 11.0. The van der Waals surface area contributed by atoms with E-state index in [1.807, 2.05) is 24.3 Å². The van der Waals surface area contributed by atoms with Crippen molar-refractivity contribution in [3.05, 3.63) is 34.3 Å². The molecule has 1 aromatic carbocycles. The third kappa shape index (κ3) is 3.35. The van der Waals surface area contributed by atoms with Crippen molar-refractivity contribution in [1.29, 1.82) is 0 Å². The molecule has 1 amide bonds. The SMILES string of the molecule is CC1(C)CCCC(NC(=O)c2ccccc2Br)C1. The second kappa shape index (κ2) is 5.43. The summed E-state index contributed by atoms with van der Waals surface area (Å²) >= 11 is 3.42. The Kier molecular flexibility index (Phi) is 4.10. The molecule has 2 nitrogen and oxygen atoms in total. The summed E-state index contributed by atoms with van der Waals surface area (Å²) in [4.78, 5) is 12.2. The van der Waals surface area contributed by atoms with Crippen LogP contribution in [0.4, 0.5) is 0 Å². The van der Waals surface area contributed by atoms with Crippen LogP contribution in [0.1, 0.15) is 49.9 Å². The van der Waals surface area contributed by atoms with Crippen LogP contribution in [0.3, 0.4) is 0 Å². The van der Waals surface area contributed by atoms with Gasteiger partial charge in [-0.05, 0) is 52.7 Å². The lowest BCUT2D eigenvalue weighted by Crippen LogP contribution is -2.40. The third-order valence-electron chi connectivity index (χ3n) is 3.66. The van der Waals surface area contributed by atoms with Crippen LogP contribution in [0.5, 0.6) is 0 Å². The predicted octanol–water partition coefficient (Wildman–Crippen LogP) is 4.15. The van der Waals surface area contributed by atoms with Gasteiger partial charge in [0.15, 0.2) is 0 Å². The lowest BCUT2D eigenvalue weighted by molar-refractivity contribution is 0.0902. The molecule has 0 heterocycles. The van der Waals surface area contributed by atoms with E-state index in [9.17, 15) is 4.79 Å². The van der Waals surface area contributed by atoms with Gasteiger partial charge >= 0.3 is 0 Å². The average Bonchev–Trinajstić information content (AvgIpc) is 2.28. The van der Waals surface area contributed by atoms with Crippen LogP contribution in [0.2, 0.25) is 0 Å². The molecule has 0 saturated heterocycles. The van der Waals surface area contributed by atoms with E-state index in [0.29, 0.717) is 11.5 Å². The van der Waals surface area contributed by atoms with Gasteiger partial charge in [0.1, 0.15) is 0 Å². The molecule has 1 fully saturated rings. The summed E-state index contributed by atoms with van der Waals surface area (Å²) in [5, 5.41) is 3.16. The second-order valence-corrected chi connectivity index (χ2v) is 6.77. The Morgan fingerprint density at radius 1 is 1.39 bits per heavy atom. The van der Waals surface area contributed by atoms with Gasteiger partial charge < -0.3 is 5.32 Å². The maximum Gasteiger partial charge on any atom is 0.252 e. The van der Waals surface area contributed by atoms with Crippen LogP contribution in [-0.4, -0.2) is 11.9 Å². The Morgan fingerprint density at radius 3 is 2.78 bits per heavy atom. The monoisotopic (exact) mass is 309 g/mol. The van der Waals surface area contributed by atoms with Crippen LogP contribution < -0.4 is 5.32 Å². The normalized spacial score (nSPS) is 22.5. The standard InChI is InChI=1S/C15H20BrNO/c1-15(2)9-5-6-11(10-15)17-14(18)12-7-3-4-8-13(12)16/h3-4,7-8,11H,5-6,9-10H2,1-2H3,(H,17,18). The fourth-order valence-electron chi connectivity index (χ4n) is 2.73. The molecule has 1 N–H and O–H groups in total. The van der Waals surface area contributed by atoms with Crippen LogP contribution >= 0.6 is 15.9 Å². The summed E-state index contributed by atoms with van der Waals surface area (Å²) in [5.41, 5.74) is 1.07. The summed E-state index contributed by atoms with van der Waals surface area (Å²) < 4.78 is 0.859. The molecule has 1 atom stereocenters. The van der Waals surface area contributed by atoms with E-state index in [4.69, 9.17) is 0 Å². The van der Waals surface area contributed by atoms with Crippen molar-refractivity contribution >= 4 is 21.8 Å². The van der Waals surface area contributed by atoms with E-state index in [1.165, 1.54) is 12.8 Å². The van der Waals surface area contributed by atoms with Gasteiger partial charge in [0.2, 0.25) is 0 Å². The summed E-state index contributed by atoms with van der Waals surface area (Å²) in [5.74, 6) is 0.0326. The molecule has 0 aliphatic heterocycles. The predicted molar refractivity (Wildman–Crippen MR) is 77.6 cm³/mol. The van der Waals surface area contributed by atoms with Crippen molar-refractivity contribution in [1.82, 2.24) is 5.32 Å². The molecule has 98 valence electrons. The Labute approximate surface area is 117 Å². The highest BCUT2D eigenvalue weighted by Gasteiger charge is 2.29. The molecule has 1 aliphatic rings. The smallest absolute Gasteiger partial charge is 0.252 e. The number of carbonyl (C=O) groups is 1. The fourth-order valence-corrected chi connectivity index (χ4v) is 3.19. The first kappa shape index (κ1) is 13.6. The fraction of sp³-hybridized carbons (Fsp3) is 0.533. The van der Waals surface area contributed by atoms with Crippen LogP contribution in [0.25, 0.3) is 0 Å². The van der Waals surface area contributed by atoms with Crippen LogP contribution in [0.15, 0.2) is 28.7 Å². The zero-order valence-corrected chi connectivity index (χ0v) is 12.6. The van der Waals surface area contributed by atoms with Crippen molar-refractivity contribution in [2.75, 3.05) is 0 Å². The number of benzene rings is 1. The summed E-state index contributed by atoms with van der Waals surface area (Å²) in [6.45, 7) is 4.56. The van der Waals surface area contributed by atoms with E-state index in [2.05, 4.69) is 35.1 Å². The molecular formula is C15H20BrNO. The lowest BCUT2D eigenvalue weighted by atomic mass is 9.75. The van der Waals surface area contributed by atoms with E-state index < -0.39 is 0 Å². The Hall–Kier alpha value is -0.830. The number of hydrogen-bond acceptors (Lipinski definition) is 1. The molecule has 1 aromatic rings. The van der Waals surface area contributed by atoms with E-state index >= 15 is 0 Å². The molecule has 18 heavy (non-hydrogen) atoms. The Morgan fingerprint density at radius 2 is 2.11 bits per heavy atom. The van der Waals surface area contributed by atoms with Gasteiger partial charge in [0.25, 0.3) is 5.91 Å². The minimum Gasteiger partial charge on any atom is -0.349 e. The van der Waals surface area contributed by atoms with Crippen molar-refractivity contribution < 1.29 is 4.79 Å². The number of halogens is 1. The molecule has 2 rings (SSSR count). The second-order valence-electron chi connectivity index (χ2n) is 5.91. The average molecular weight is 310 g/mol. The van der Waals surface area contributed by atoms with Gasteiger partial charge in [-0.2, -0.15) is 0 Å². The van der Waals surface area contributed by atoms with Gasteiger partial charge in [0, 0.05) is 10.5 Å². The molecule has 1 saturated carbocycles. The number of amides is 1. The minimum absolute atomic E-state index is 0.0326. The molecular weight excluding hydrogens is 290 g/mol. The molecule has 0 spiro atoms. The molecule has 0 radical (unpaired) electrons. The summed E-state index contributed by atoms with van der Waals surface area (Å²) in [6.07, 6.45) is 4.63. The minimum atomic E-state index is 0.0326. The first-order valence-corrected chi connectivity index (χ1v) is 7.33. The van der Waals surface area contributed by atoms with Crippen molar-refractivity contribution in [3.8, 4) is 0 Å². The van der Waals surface area contributed by atoms with E-state index in [-0.39, 0.29) is 5.91 Å². The van der Waals surface area contributed by atoms with Gasteiger partial charge in [-0.3, -0.25) is 4.79 Å². The van der Waals surface area contributed by atoms with Crippen molar-refractivity contribution in [2.24, 2.45) is 5.41 Å². The Bertz CT molecular complexity index is 442. The third-order valence-corrected chi connectivity index (χ3v) is 4.35. The highest BCUT2D eigenvalue weighted by atomic mass is 79.9. The molecule has 1 unspecified atom stereocenters. The number of rotatable bonds is 2. The number of carbonyl (C=O) groups excluding carboxylic acids is 1. The van der Waals surface area contributed by atoms with Crippen molar-refractivity contribution in [3.63, 3.8) is 0 Å². The van der Waals surface area contributed by atoms with Crippen molar-refractivity contribution in [2.45, 2.75) is 45.6 Å². The molecule has 3 heteroatoms. The molecule has 0 bridgehead atoms. The van der Waals surface area contributed by atoms with E-state index in [1.54, 1.807) is 0 Å². The zero-order chi connectivity index (χ0) is 13.2. The van der Waals surface area contributed by atoms with Crippen LogP contribution in [0, 0.1) is 5.41 Å². The first-order chi connectivity index (χ1) is 8.48. The first-order valence-electron chi connectivity index (χ1n) is 6.53. The van der Waals surface area contributed by atoms with Crippen LogP contribution in [-0.2, 0) is 0 Å². The largest absolute Gasteiger partial charge is 0.349 e. The maximum atomic E-state index is 12.2. The topological polar surface area (TPSA) is 29.1 Å². The van der Waals surface area contributed by atoms with Gasteiger partial charge in [-0.15, -0.1) is 0 Å². The lowest BCUT2D eigenvalue weighted by Gasteiger charge is -2.35. The van der Waals surface area contributed by atoms with Gasteiger partial charge in [-0.25, -0.2) is 0 Å². The Balaban J connectivity index is 2.02. The summed E-state index contributed by atoms with van der Waals surface area (Å²) in [7, 11) is 0. The summed E-state index contributed by atoms with van der Waals surface area (Å²) in [6, 6.07) is 7.88. The van der Waals surface area contributed by atoms with Gasteiger partial charge in [-0.1, -0.05) is 32.4 Å². The molecule has 0 aromatic heterocycles. The molecule has 1 aliphatic carbocycles. The highest BCUT2D eigenvalue weighted by molar-refractivity contribution is 9.10. The van der Waals surface area contributed by atoms with E-state index in [0.717, 1.165) is 22.9 Å². The quantitative estimate of drug-likeness (QED) is 0.873. The maximum absolute atomic E-state index is 12.2. The highest BCUT2D eigenvalue weighted by Crippen LogP contribution is 2.35. The van der Waals surface area contributed by atoms with Gasteiger partial charge in [0.05, 0.1) is 5.56 Å².